The van der Waals surface area contributed by atoms with Crippen LogP contribution in [0.15, 0.2) is 85.1 Å². The quantitative estimate of drug-likeness (QED) is 0.0296. The predicted molar refractivity (Wildman–Crippen MR) is 212 cm³/mol. The van der Waals surface area contributed by atoms with Crippen LogP contribution in [0.5, 0.6) is 0 Å². The molecule has 0 heterocycles. The fraction of sp³-hybridized carbons (Fsp3) is 0.634. The van der Waals surface area contributed by atoms with Crippen LogP contribution in [0.1, 0.15) is 136 Å². The molecule has 0 saturated carbocycles. The number of aliphatic hydroxyl groups excluding tert-OH is 1. The summed E-state index contributed by atoms with van der Waals surface area (Å²) in [6.45, 7) is 3.89. The van der Waals surface area contributed by atoms with Crippen molar-refractivity contribution in [2.45, 2.75) is 148 Å². The van der Waals surface area contributed by atoms with Gasteiger partial charge in [0.2, 0.25) is 5.91 Å². The zero-order chi connectivity index (χ0) is 36.8. The number of aliphatic hydroxyl groups is 1. The predicted octanol–water partition coefficient (Wildman–Crippen LogP) is 10.3. The summed E-state index contributed by atoms with van der Waals surface area (Å²) in [5.41, 5.74) is 5.35. The third-order valence-electron chi connectivity index (χ3n) is 7.68. The highest BCUT2D eigenvalue weighted by atomic mass is 31.2. The van der Waals surface area contributed by atoms with E-state index in [2.05, 4.69) is 92.1 Å². The molecule has 5 N–H and O–H groups in total. The van der Waals surface area contributed by atoms with Gasteiger partial charge in [-0.1, -0.05) is 137 Å². The van der Waals surface area contributed by atoms with E-state index in [1.54, 1.807) is 6.08 Å². The van der Waals surface area contributed by atoms with E-state index < -0.39 is 20.0 Å². The van der Waals surface area contributed by atoms with Crippen molar-refractivity contribution < 1.29 is 28.4 Å². The molecule has 50 heavy (non-hydrogen) atoms. The van der Waals surface area contributed by atoms with Crippen molar-refractivity contribution in [3.63, 3.8) is 0 Å². The van der Waals surface area contributed by atoms with Gasteiger partial charge in [0.1, 0.15) is 0 Å². The average molecular weight is 719 g/mol. The topological polar surface area (TPSA) is 131 Å². The standard InChI is InChI=1S/C41H71N2O6P/c1-3-5-7-9-11-13-15-17-18-19-20-21-22-23-25-27-29-31-33-35-41(45)43-39(38-49-50(46,47)48-37-36-42)40(44)34-32-30-28-26-24-16-14-12-10-8-6-4-2/h5,7,10-13,17-18,20-21,24,26,32,34,39-40,44H,3-4,6,8-9,14-16,19,22-23,25,27-31,33,35-38,42H2,1-2H3,(H,43,45)(H,46,47)/b7-5-,12-10+,13-11-,18-17-,21-20-,26-24+,34-32+. The van der Waals surface area contributed by atoms with Gasteiger partial charge in [0.05, 0.1) is 25.4 Å². The molecule has 0 spiro atoms. The van der Waals surface area contributed by atoms with Gasteiger partial charge in [-0.05, 0) is 77.0 Å². The van der Waals surface area contributed by atoms with Gasteiger partial charge >= 0.3 is 7.82 Å². The van der Waals surface area contributed by atoms with Crippen molar-refractivity contribution in [3.8, 4) is 0 Å². The zero-order valence-electron chi connectivity index (χ0n) is 31.3. The molecule has 0 saturated heterocycles. The number of phosphoric ester groups is 1. The first kappa shape index (κ1) is 47.7. The summed E-state index contributed by atoms with van der Waals surface area (Å²) in [4.78, 5) is 22.6. The highest BCUT2D eigenvalue weighted by Crippen LogP contribution is 2.43. The fourth-order valence-electron chi connectivity index (χ4n) is 4.78. The summed E-state index contributed by atoms with van der Waals surface area (Å²) >= 11 is 0. The van der Waals surface area contributed by atoms with Gasteiger partial charge in [-0.25, -0.2) is 4.57 Å². The van der Waals surface area contributed by atoms with Crippen LogP contribution in [0.4, 0.5) is 0 Å². The lowest BCUT2D eigenvalue weighted by Gasteiger charge is -2.23. The number of nitrogens with one attached hydrogen (secondary N) is 1. The van der Waals surface area contributed by atoms with Gasteiger partial charge < -0.3 is 21.1 Å². The van der Waals surface area contributed by atoms with E-state index in [1.165, 1.54) is 25.7 Å². The average Bonchev–Trinajstić information content (AvgIpc) is 3.10. The van der Waals surface area contributed by atoms with Crippen LogP contribution in [0.25, 0.3) is 0 Å². The Bertz CT molecular complexity index is 1050. The molecule has 0 rings (SSSR count). The second kappa shape index (κ2) is 36.5. The molecule has 0 aromatic heterocycles. The molecule has 8 nitrogen and oxygen atoms in total. The number of allylic oxidation sites excluding steroid dienone is 13. The molecule has 286 valence electrons. The van der Waals surface area contributed by atoms with Crippen LogP contribution in [-0.2, 0) is 18.4 Å². The summed E-state index contributed by atoms with van der Waals surface area (Å²) in [6, 6.07) is -0.894. The largest absolute Gasteiger partial charge is 0.472 e. The molecule has 3 unspecified atom stereocenters. The highest BCUT2D eigenvalue weighted by Gasteiger charge is 2.26. The lowest BCUT2D eigenvalue weighted by molar-refractivity contribution is -0.123. The maximum absolute atomic E-state index is 12.7. The molecule has 9 heteroatoms. The lowest BCUT2D eigenvalue weighted by atomic mass is 10.1. The van der Waals surface area contributed by atoms with Gasteiger partial charge in [-0.2, -0.15) is 0 Å². The van der Waals surface area contributed by atoms with Crippen LogP contribution in [0, 0.1) is 0 Å². The minimum Gasteiger partial charge on any atom is -0.387 e. The molecule has 0 aliphatic rings. The number of hydrogen-bond acceptors (Lipinski definition) is 6. The Morgan fingerprint density at radius 2 is 1.18 bits per heavy atom. The summed E-state index contributed by atoms with van der Waals surface area (Å²) in [5.74, 6) is -0.229. The monoisotopic (exact) mass is 719 g/mol. The van der Waals surface area contributed by atoms with Crippen molar-refractivity contribution in [1.82, 2.24) is 5.32 Å². The number of hydrogen-bond donors (Lipinski definition) is 4. The van der Waals surface area contributed by atoms with Crippen molar-refractivity contribution in [2.24, 2.45) is 5.73 Å². The first-order valence-corrected chi connectivity index (χ1v) is 20.7. The van der Waals surface area contributed by atoms with Gasteiger partial charge in [-0.15, -0.1) is 0 Å². The maximum Gasteiger partial charge on any atom is 0.472 e. The Labute approximate surface area is 305 Å². The third kappa shape index (κ3) is 34.1. The molecule has 1 amide bonds. The minimum absolute atomic E-state index is 0.0643. The van der Waals surface area contributed by atoms with Gasteiger partial charge in [0.15, 0.2) is 0 Å². The summed E-state index contributed by atoms with van der Waals surface area (Å²) < 4.78 is 22.0. The molecule has 3 atom stereocenters. The second-order valence-electron chi connectivity index (χ2n) is 12.4. The first-order valence-electron chi connectivity index (χ1n) is 19.2. The number of nitrogens with two attached hydrogens (primary N) is 1. The summed E-state index contributed by atoms with van der Waals surface area (Å²) in [6.07, 6.45) is 47.7. The number of amides is 1. The van der Waals surface area contributed by atoms with E-state index in [1.807, 2.05) is 6.08 Å². The second-order valence-corrected chi connectivity index (χ2v) is 13.8. The van der Waals surface area contributed by atoms with E-state index in [-0.39, 0.29) is 25.7 Å². The molecule has 0 aromatic rings. The highest BCUT2D eigenvalue weighted by molar-refractivity contribution is 7.47. The molecular weight excluding hydrogens is 647 g/mol. The molecule has 0 aliphatic carbocycles. The van der Waals surface area contributed by atoms with E-state index >= 15 is 0 Å². The number of phosphoric acid groups is 1. The maximum atomic E-state index is 12.7. The van der Waals surface area contributed by atoms with Gasteiger partial charge in [0, 0.05) is 13.0 Å². The van der Waals surface area contributed by atoms with E-state index in [0.717, 1.165) is 89.9 Å². The zero-order valence-corrected chi connectivity index (χ0v) is 32.2. The minimum atomic E-state index is -4.35. The Hall–Kier alpha value is -2.32. The normalized spacial score (nSPS) is 15.2. The molecule has 0 radical (unpaired) electrons. The molecule has 0 aliphatic heterocycles. The van der Waals surface area contributed by atoms with Crippen LogP contribution in [0.3, 0.4) is 0 Å². The van der Waals surface area contributed by atoms with Gasteiger partial charge in [-0.3, -0.25) is 13.8 Å². The number of unbranched alkanes of at least 4 members (excludes halogenated alkanes) is 10. The Morgan fingerprint density at radius 1 is 0.680 bits per heavy atom. The number of carbonyl (C=O) groups is 1. The van der Waals surface area contributed by atoms with Crippen molar-refractivity contribution in [3.05, 3.63) is 85.1 Å². The van der Waals surface area contributed by atoms with Crippen LogP contribution >= 0.6 is 7.82 Å². The molecular formula is C41H71N2O6P. The van der Waals surface area contributed by atoms with Crippen molar-refractivity contribution in [2.75, 3.05) is 19.8 Å². The smallest absolute Gasteiger partial charge is 0.387 e. The molecule has 0 bridgehead atoms. The van der Waals surface area contributed by atoms with Gasteiger partial charge in [0.25, 0.3) is 0 Å². The van der Waals surface area contributed by atoms with Crippen LogP contribution in [0.2, 0.25) is 0 Å². The lowest BCUT2D eigenvalue weighted by Crippen LogP contribution is -2.45. The van der Waals surface area contributed by atoms with Crippen molar-refractivity contribution in [1.29, 1.82) is 0 Å². The fourth-order valence-corrected chi connectivity index (χ4v) is 5.54. The third-order valence-corrected chi connectivity index (χ3v) is 8.67. The van der Waals surface area contributed by atoms with Crippen LogP contribution in [-0.4, -0.2) is 47.8 Å². The SMILES string of the molecule is CC/C=C\C/C=C\C/C=C\C/C=C\CCCCCCCCC(=O)NC(COP(=O)(O)OCCN)C(O)/C=C/CC/C=C/CC/C=C/CCCC. The Balaban J connectivity index is 4.37. The van der Waals surface area contributed by atoms with E-state index in [4.69, 9.17) is 14.8 Å². The van der Waals surface area contributed by atoms with Crippen LogP contribution < -0.4 is 11.1 Å². The first-order chi connectivity index (χ1) is 24.4. The number of carbonyl (C=O) groups excluding carboxylic acids is 1. The molecule has 0 aromatic carbocycles. The summed E-state index contributed by atoms with van der Waals surface area (Å²) in [5, 5.41) is 13.6. The van der Waals surface area contributed by atoms with E-state index in [9.17, 15) is 19.4 Å². The molecule has 0 fully saturated rings. The Kier molecular flexibility index (Phi) is 34.8. The summed E-state index contributed by atoms with van der Waals surface area (Å²) in [7, 11) is -4.35. The Morgan fingerprint density at radius 3 is 1.78 bits per heavy atom. The van der Waals surface area contributed by atoms with Crippen molar-refractivity contribution >= 4 is 13.7 Å². The number of rotatable bonds is 34. The van der Waals surface area contributed by atoms with E-state index in [0.29, 0.717) is 6.42 Å².